The van der Waals surface area contributed by atoms with E-state index in [2.05, 4.69) is 6.58 Å². The maximum atomic E-state index is 11.6. The summed E-state index contributed by atoms with van der Waals surface area (Å²) in [7, 11) is 1.41. The predicted octanol–water partition coefficient (Wildman–Crippen LogP) is 1.66. The highest BCUT2D eigenvalue weighted by atomic mass is 16.5. The average molecular weight is 198 g/mol. The lowest BCUT2D eigenvalue weighted by atomic mass is 9.71. The van der Waals surface area contributed by atoms with Crippen LogP contribution in [0.5, 0.6) is 0 Å². The van der Waals surface area contributed by atoms with Gasteiger partial charge >= 0.3 is 5.97 Å². The number of methoxy groups -OCH3 is 1. The zero-order valence-corrected chi connectivity index (χ0v) is 8.66. The SMILES string of the molecule is C=CCC1(C(=O)OC)CCC(O)CC1. The molecule has 3 heteroatoms. The Balaban J connectivity index is 2.72. The number of carbonyl (C=O) groups excluding carboxylic acids is 1. The summed E-state index contributed by atoms with van der Waals surface area (Å²) in [6, 6.07) is 0. The maximum Gasteiger partial charge on any atom is 0.312 e. The number of carbonyl (C=O) groups is 1. The van der Waals surface area contributed by atoms with Crippen molar-refractivity contribution in [3.05, 3.63) is 12.7 Å². The van der Waals surface area contributed by atoms with Gasteiger partial charge in [-0.25, -0.2) is 0 Å². The Morgan fingerprint density at radius 1 is 1.64 bits per heavy atom. The van der Waals surface area contributed by atoms with E-state index in [-0.39, 0.29) is 12.1 Å². The Hall–Kier alpha value is -0.830. The monoisotopic (exact) mass is 198 g/mol. The van der Waals surface area contributed by atoms with Gasteiger partial charge in [0, 0.05) is 0 Å². The van der Waals surface area contributed by atoms with E-state index in [0.29, 0.717) is 32.1 Å². The van der Waals surface area contributed by atoms with Crippen molar-refractivity contribution in [1.29, 1.82) is 0 Å². The predicted molar refractivity (Wildman–Crippen MR) is 53.7 cm³/mol. The number of aliphatic hydroxyl groups excluding tert-OH is 1. The van der Waals surface area contributed by atoms with Crippen LogP contribution in [0.4, 0.5) is 0 Å². The lowest BCUT2D eigenvalue weighted by Gasteiger charge is -2.35. The van der Waals surface area contributed by atoms with E-state index in [1.165, 1.54) is 7.11 Å². The fourth-order valence-electron chi connectivity index (χ4n) is 2.14. The van der Waals surface area contributed by atoms with Crippen LogP contribution in [0.15, 0.2) is 12.7 Å². The number of rotatable bonds is 3. The van der Waals surface area contributed by atoms with E-state index in [1.807, 2.05) is 0 Å². The number of hydrogen-bond acceptors (Lipinski definition) is 3. The second-order valence-corrected chi connectivity index (χ2v) is 4.00. The molecule has 14 heavy (non-hydrogen) atoms. The Labute approximate surface area is 84.8 Å². The first-order valence-electron chi connectivity index (χ1n) is 5.02. The van der Waals surface area contributed by atoms with Crippen LogP contribution < -0.4 is 0 Å². The zero-order chi connectivity index (χ0) is 10.6. The molecule has 0 unspecified atom stereocenters. The maximum absolute atomic E-state index is 11.6. The van der Waals surface area contributed by atoms with Crippen molar-refractivity contribution in [2.45, 2.75) is 38.2 Å². The van der Waals surface area contributed by atoms with Gasteiger partial charge in [-0.3, -0.25) is 4.79 Å². The van der Waals surface area contributed by atoms with Crippen molar-refractivity contribution in [1.82, 2.24) is 0 Å². The van der Waals surface area contributed by atoms with Gasteiger partial charge in [-0.2, -0.15) is 0 Å². The van der Waals surface area contributed by atoms with Gasteiger partial charge in [0.1, 0.15) is 0 Å². The van der Waals surface area contributed by atoms with Crippen molar-refractivity contribution in [2.75, 3.05) is 7.11 Å². The molecular formula is C11H18O3. The summed E-state index contributed by atoms with van der Waals surface area (Å²) in [5.74, 6) is -0.163. The molecule has 0 saturated heterocycles. The zero-order valence-electron chi connectivity index (χ0n) is 8.66. The lowest BCUT2D eigenvalue weighted by Crippen LogP contribution is -2.37. The third-order valence-electron chi connectivity index (χ3n) is 3.07. The summed E-state index contributed by atoms with van der Waals surface area (Å²) in [5.41, 5.74) is -0.421. The van der Waals surface area contributed by atoms with E-state index in [9.17, 15) is 9.90 Å². The van der Waals surface area contributed by atoms with Gasteiger partial charge in [0.05, 0.1) is 18.6 Å². The molecule has 0 spiro atoms. The van der Waals surface area contributed by atoms with Crippen LogP contribution in [0, 0.1) is 5.41 Å². The van der Waals surface area contributed by atoms with E-state index in [4.69, 9.17) is 4.74 Å². The van der Waals surface area contributed by atoms with Crippen LogP contribution >= 0.6 is 0 Å². The fourth-order valence-corrected chi connectivity index (χ4v) is 2.14. The smallest absolute Gasteiger partial charge is 0.312 e. The average Bonchev–Trinajstić information content (AvgIpc) is 2.21. The molecule has 1 saturated carbocycles. The molecule has 0 aliphatic heterocycles. The van der Waals surface area contributed by atoms with Gasteiger partial charge < -0.3 is 9.84 Å². The van der Waals surface area contributed by atoms with Crippen LogP contribution in [0.2, 0.25) is 0 Å². The fraction of sp³-hybridized carbons (Fsp3) is 0.727. The first-order chi connectivity index (χ1) is 6.64. The lowest BCUT2D eigenvalue weighted by molar-refractivity contribution is -0.156. The molecule has 0 atom stereocenters. The molecule has 0 aromatic rings. The molecule has 1 N–H and O–H groups in total. The molecule has 0 bridgehead atoms. The highest BCUT2D eigenvalue weighted by molar-refractivity contribution is 5.77. The van der Waals surface area contributed by atoms with Gasteiger partial charge in [0.15, 0.2) is 0 Å². The number of ether oxygens (including phenoxy) is 1. The summed E-state index contributed by atoms with van der Waals surface area (Å²) in [5, 5.41) is 9.39. The van der Waals surface area contributed by atoms with Gasteiger partial charge in [0.25, 0.3) is 0 Å². The summed E-state index contributed by atoms with van der Waals surface area (Å²) in [6.07, 6.45) is 4.92. The number of esters is 1. The highest BCUT2D eigenvalue weighted by Crippen LogP contribution is 2.40. The molecule has 1 aliphatic rings. The van der Waals surface area contributed by atoms with E-state index in [1.54, 1.807) is 6.08 Å². The van der Waals surface area contributed by atoms with Crippen LogP contribution in [0.3, 0.4) is 0 Å². The number of hydrogen-bond donors (Lipinski definition) is 1. The Bertz CT molecular complexity index is 215. The normalized spacial score (nSPS) is 32.3. The van der Waals surface area contributed by atoms with Crippen LogP contribution in [-0.4, -0.2) is 24.3 Å². The second-order valence-electron chi connectivity index (χ2n) is 4.00. The molecule has 0 aromatic carbocycles. The summed E-state index contributed by atoms with van der Waals surface area (Å²) in [6.45, 7) is 3.67. The standard InChI is InChI=1S/C11H18O3/c1-3-6-11(10(13)14-2)7-4-9(12)5-8-11/h3,9,12H,1,4-8H2,2H3. The van der Waals surface area contributed by atoms with Crippen LogP contribution in [0.1, 0.15) is 32.1 Å². The summed E-state index contributed by atoms with van der Waals surface area (Å²) in [4.78, 5) is 11.6. The quantitative estimate of drug-likeness (QED) is 0.554. The first kappa shape index (κ1) is 11.2. The topological polar surface area (TPSA) is 46.5 Å². The molecule has 3 nitrogen and oxygen atoms in total. The molecule has 0 radical (unpaired) electrons. The van der Waals surface area contributed by atoms with Gasteiger partial charge in [-0.15, -0.1) is 6.58 Å². The third kappa shape index (κ3) is 2.15. The van der Waals surface area contributed by atoms with Crippen LogP contribution in [-0.2, 0) is 9.53 Å². The molecule has 1 aliphatic carbocycles. The molecule has 80 valence electrons. The molecule has 0 heterocycles. The Morgan fingerprint density at radius 3 is 2.64 bits per heavy atom. The molecule has 0 aromatic heterocycles. The van der Waals surface area contributed by atoms with Gasteiger partial charge in [0.2, 0.25) is 0 Å². The third-order valence-corrected chi connectivity index (χ3v) is 3.07. The van der Waals surface area contributed by atoms with Gasteiger partial charge in [-0.1, -0.05) is 6.08 Å². The van der Waals surface area contributed by atoms with Gasteiger partial charge in [-0.05, 0) is 32.1 Å². The minimum Gasteiger partial charge on any atom is -0.469 e. The second kappa shape index (κ2) is 4.60. The highest BCUT2D eigenvalue weighted by Gasteiger charge is 2.41. The first-order valence-corrected chi connectivity index (χ1v) is 5.02. The summed E-state index contributed by atoms with van der Waals surface area (Å²) >= 11 is 0. The molecular weight excluding hydrogens is 180 g/mol. The minimum atomic E-state index is -0.421. The van der Waals surface area contributed by atoms with E-state index >= 15 is 0 Å². The Kier molecular flexibility index (Phi) is 3.69. The van der Waals surface area contributed by atoms with E-state index in [0.717, 1.165) is 0 Å². The molecule has 1 fully saturated rings. The van der Waals surface area contributed by atoms with Crippen molar-refractivity contribution < 1.29 is 14.6 Å². The number of allylic oxidation sites excluding steroid dienone is 1. The largest absolute Gasteiger partial charge is 0.469 e. The van der Waals surface area contributed by atoms with Crippen molar-refractivity contribution in [3.8, 4) is 0 Å². The molecule has 1 rings (SSSR count). The Morgan fingerprint density at radius 2 is 2.21 bits per heavy atom. The van der Waals surface area contributed by atoms with Crippen molar-refractivity contribution in [2.24, 2.45) is 5.41 Å². The number of aliphatic hydroxyl groups is 1. The van der Waals surface area contributed by atoms with Crippen molar-refractivity contribution >= 4 is 5.97 Å². The summed E-state index contributed by atoms with van der Waals surface area (Å²) < 4.78 is 4.81. The molecule has 0 amide bonds. The van der Waals surface area contributed by atoms with Crippen molar-refractivity contribution in [3.63, 3.8) is 0 Å². The van der Waals surface area contributed by atoms with Crippen LogP contribution in [0.25, 0.3) is 0 Å². The van der Waals surface area contributed by atoms with E-state index < -0.39 is 5.41 Å². The minimum absolute atomic E-state index is 0.163.